The van der Waals surface area contributed by atoms with Crippen molar-refractivity contribution in [2.45, 2.75) is 52.6 Å². The Balaban J connectivity index is 2.01. The highest BCUT2D eigenvalue weighted by molar-refractivity contribution is 5.38. The van der Waals surface area contributed by atoms with Crippen molar-refractivity contribution in [1.29, 1.82) is 0 Å². The van der Waals surface area contributed by atoms with Gasteiger partial charge < -0.3 is 4.74 Å². The molecule has 0 spiro atoms. The van der Waals surface area contributed by atoms with Gasteiger partial charge in [-0.05, 0) is 62.6 Å². The van der Waals surface area contributed by atoms with Crippen molar-refractivity contribution in [3.63, 3.8) is 0 Å². The zero-order valence-corrected chi connectivity index (χ0v) is 10.6. The average Bonchev–Trinajstić information content (AvgIpc) is 2.28. The van der Waals surface area contributed by atoms with Gasteiger partial charge in [-0.1, -0.05) is 19.1 Å². The first kappa shape index (κ1) is 11.5. The Kier molecular flexibility index (Phi) is 3.52. The molecule has 0 aliphatic heterocycles. The van der Waals surface area contributed by atoms with Crippen LogP contribution >= 0.6 is 0 Å². The molecule has 1 heteroatoms. The van der Waals surface area contributed by atoms with Crippen LogP contribution in [0.2, 0.25) is 0 Å². The van der Waals surface area contributed by atoms with Gasteiger partial charge in [0.15, 0.2) is 0 Å². The van der Waals surface area contributed by atoms with Gasteiger partial charge in [0.2, 0.25) is 0 Å². The molecule has 0 unspecified atom stereocenters. The Morgan fingerprint density at radius 3 is 2.44 bits per heavy atom. The molecule has 0 heterocycles. The second kappa shape index (κ2) is 4.90. The molecule has 0 amide bonds. The molecule has 1 aromatic carbocycles. The molecule has 0 radical (unpaired) electrons. The molecule has 0 atom stereocenters. The molecular weight excluding hydrogens is 196 g/mol. The first-order chi connectivity index (χ1) is 7.66. The van der Waals surface area contributed by atoms with Gasteiger partial charge in [0.05, 0.1) is 6.10 Å². The second-order valence-electron chi connectivity index (χ2n) is 5.20. The third-order valence-electron chi connectivity index (χ3n) is 3.81. The molecule has 0 aromatic heterocycles. The van der Waals surface area contributed by atoms with Crippen molar-refractivity contribution < 1.29 is 4.74 Å². The standard InChI is InChI=1S/C15H22O/c1-11-7-9-14(10-8-11)16-15-6-4-5-12(2)13(15)3/h4-6,11,14H,7-10H2,1-3H3. The van der Waals surface area contributed by atoms with Crippen molar-refractivity contribution >= 4 is 0 Å². The fourth-order valence-electron chi connectivity index (χ4n) is 2.38. The Morgan fingerprint density at radius 2 is 1.75 bits per heavy atom. The Morgan fingerprint density at radius 1 is 1.06 bits per heavy atom. The van der Waals surface area contributed by atoms with Crippen LogP contribution in [0.3, 0.4) is 0 Å². The molecule has 1 fully saturated rings. The normalized spacial score (nSPS) is 25.4. The van der Waals surface area contributed by atoms with Crippen LogP contribution in [-0.4, -0.2) is 6.10 Å². The first-order valence-corrected chi connectivity index (χ1v) is 6.39. The maximum Gasteiger partial charge on any atom is 0.122 e. The van der Waals surface area contributed by atoms with E-state index in [0.717, 1.165) is 11.7 Å². The molecule has 0 saturated heterocycles. The summed E-state index contributed by atoms with van der Waals surface area (Å²) in [5.41, 5.74) is 2.61. The van der Waals surface area contributed by atoms with Gasteiger partial charge in [0.25, 0.3) is 0 Å². The van der Waals surface area contributed by atoms with Crippen LogP contribution in [0.25, 0.3) is 0 Å². The molecule has 0 N–H and O–H groups in total. The van der Waals surface area contributed by atoms with Crippen LogP contribution < -0.4 is 4.74 Å². The van der Waals surface area contributed by atoms with Gasteiger partial charge in [-0.25, -0.2) is 0 Å². The first-order valence-electron chi connectivity index (χ1n) is 6.39. The van der Waals surface area contributed by atoms with Crippen molar-refractivity contribution in [2.24, 2.45) is 5.92 Å². The molecule has 1 aliphatic carbocycles. The summed E-state index contributed by atoms with van der Waals surface area (Å²) in [5, 5.41) is 0. The lowest BCUT2D eigenvalue weighted by Gasteiger charge is -2.27. The minimum Gasteiger partial charge on any atom is -0.490 e. The summed E-state index contributed by atoms with van der Waals surface area (Å²) in [4.78, 5) is 0. The molecule has 1 aromatic rings. The molecule has 2 rings (SSSR count). The molecule has 0 bridgehead atoms. The van der Waals surface area contributed by atoms with Crippen LogP contribution in [0.4, 0.5) is 0 Å². The van der Waals surface area contributed by atoms with Crippen LogP contribution in [0, 0.1) is 19.8 Å². The lowest BCUT2D eigenvalue weighted by atomic mass is 9.89. The number of rotatable bonds is 2. The zero-order valence-electron chi connectivity index (χ0n) is 10.6. The van der Waals surface area contributed by atoms with Crippen LogP contribution in [0.15, 0.2) is 18.2 Å². The molecule has 88 valence electrons. The monoisotopic (exact) mass is 218 g/mol. The highest BCUT2D eigenvalue weighted by atomic mass is 16.5. The highest BCUT2D eigenvalue weighted by Crippen LogP contribution is 2.29. The van der Waals surface area contributed by atoms with Crippen LogP contribution in [0.5, 0.6) is 5.75 Å². The summed E-state index contributed by atoms with van der Waals surface area (Å²) in [5.74, 6) is 1.97. The second-order valence-corrected chi connectivity index (χ2v) is 5.20. The van der Waals surface area contributed by atoms with Crippen molar-refractivity contribution in [3.8, 4) is 5.75 Å². The Hall–Kier alpha value is -0.980. The minimum absolute atomic E-state index is 0.441. The fraction of sp³-hybridized carbons (Fsp3) is 0.600. The Bertz CT molecular complexity index is 348. The van der Waals surface area contributed by atoms with E-state index in [9.17, 15) is 0 Å². The summed E-state index contributed by atoms with van der Waals surface area (Å²) in [7, 11) is 0. The molecule has 1 saturated carbocycles. The Labute approximate surface area is 98.8 Å². The van der Waals surface area contributed by atoms with E-state index in [4.69, 9.17) is 4.74 Å². The van der Waals surface area contributed by atoms with E-state index in [1.165, 1.54) is 36.8 Å². The summed E-state index contributed by atoms with van der Waals surface area (Å²) in [6, 6.07) is 6.33. The summed E-state index contributed by atoms with van der Waals surface area (Å²) < 4.78 is 6.12. The predicted molar refractivity (Wildman–Crippen MR) is 68.0 cm³/mol. The predicted octanol–water partition coefficient (Wildman–Crippen LogP) is 4.26. The molecule has 1 nitrogen and oxygen atoms in total. The zero-order chi connectivity index (χ0) is 11.5. The SMILES string of the molecule is Cc1cccc(OC2CCC(C)CC2)c1C. The van der Waals surface area contributed by atoms with E-state index in [1.807, 2.05) is 0 Å². The maximum absolute atomic E-state index is 6.12. The summed E-state index contributed by atoms with van der Waals surface area (Å²) in [6.45, 7) is 6.63. The van der Waals surface area contributed by atoms with E-state index in [1.54, 1.807) is 0 Å². The van der Waals surface area contributed by atoms with Gasteiger partial charge in [-0.3, -0.25) is 0 Å². The van der Waals surface area contributed by atoms with Crippen LogP contribution in [0.1, 0.15) is 43.7 Å². The molecular formula is C15H22O. The summed E-state index contributed by atoms with van der Waals surface area (Å²) in [6.07, 6.45) is 5.51. The minimum atomic E-state index is 0.441. The average molecular weight is 218 g/mol. The number of hydrogen-bond donors (Lipinski definition) is 0. The van der Waals surface area contributed by atoms with E-state index in [0.29, 0.717) is 6.10 Å². The lowest BCUT2D eigenvalue weighted by Crippen LogP contribution is -2.23. The van der Waals surface area contributed by atoms with Gasteiger partial charge in [-0.15, -0.1) is 0 Å². The van der Waals surface area contributed by atoms with E-state index >= 15 is 0 Å². The smallest absolute Gasteiger partial charge is 0.122 e. The number of aryl methyl sites for hydroxylation is 1. The molecule has 1 aliphatic rings. The van der Waals surface area contributed by atoms with E-state index in [2.05, 4.69) is 39.0 Å². The largest absolute Gasteiger partial charge is 0.490 e. The quantitative estimate of drug-likeness (QED) is 0.720. The molecule has 16 heavy (non-hydrogen) atoms. The lowest BCUT2D eigenvalue weighted by molar-refractivity contribution is 0.134. The van der Waals surface area contributed by atoms with E-state index < -0.39 is 0 Å². The summed E-state index contributed by atoms with van der Waals surface area (Å²) >= 11 is 0. The third-order valence-corrected chi connectivity index (χ3v) is 3.81. The van der Waals surface area contributed by atoms with Crippen molar-refractivity contribution in [2.75, 3.05) is 0 Å². The van der Waals surface area contributed by atoms with Gasteiger partial charge in [0, 0.05) is 0 Å². The fourth-order valence-corrected chi connectivity index (χ4v) is 2.38. The van der Waals surface area contributed by atoms with Crippen molar-refractivity contribution in [1.82, 2.24) is 0 Å². The maximum atomic E-state index is 6.12. The van der Waals surface area contributed by atoms with Crippen LogP contribution in [-0.2, 0) is 0 Å². The van der Waals surface area contributed by atoms with Gasteiger partial charge >= 0.3 is 0 Å². The number of ether oxygens (including phenoxy) is 1. The number of hydrogen-bond acceptors (Lipinski definition) is 1. The third kappa shape index (κ3) is 2.58. The van der Waals surface area contributed by atoms with Gasteiger partial charge in [-0.2, -0.15) is 0 Å². The van der Waals surface area contributed by atoms with Gasteiger partial charge in [0.1, 0.15) is 5.75 Å². The topological polar surface area (TPSA) is 9.23 Å². The van der Waals surface area contributed by atoms with Crippen molar-refractivity contribution in [3.05, 3.63) is 29.3 Å². The van der Waals surface area contributed by atoms with E-state index in [-0.39, 0.29) is 0 Å². The number of benzene rings is 1. The highest BCUT2D eigenvalue weighted by Gasteiger charge is 2.20.